The van der Waals surface area contributed by atoms with E-state index in [1.807, 2.05) is 24.3 Å². The van der Waals surface area contributed by atoms with Crippen LogP contribution in [0.5, 0.6) is 5.75 Å². The predicted octanol–water partition coefficient (Wildman–Crippen LogP) is 3.41. The van der Waals surface area contributed by atoms with E-state index in [1.54, 1.807) is 6.07 Å². The summed E-state index contributed by atoms with van der Waals surface area (Å²) in [5.74, 6) is 0.747. The first-order valence-corrected chi connectivity index (χ1v) is 4.78. The number of phenolic OH excluding ortho intramolecular Hbond substituents is 1. The number of rotatable bonds is 2. The number of allylic oxidation sites excluding steroid dienone is 1. The lowest BCUT2D eigenvalue weighted by Crippen LogP contribution is -1.73. The molecule has 0 spiro atoms. The second-order valence-corrected chi connectivity index (χ2v) is 3.43. The lowest BCUT2D eigenvalue weighted by molar-refractivity contribution is 0.472. The van der Waals surface area contributed by atoms with E-state index in [4.69, 9.17) is 11.6 Å². The molecule has 0 radical (unpaired) electrons. The zero-order valence-corrected chi connectivity index (χ0v) is 8.64. The highest BCUT2D eigenvalue weighted by Crippen LogP contribution is 2.24. The van der Waals surface area contributed by atoms with Gasteiger partial charge in [0.05, 0.1) is 4.47 Å². The van der Waals surface area contributed by atoms with Crippen LogP contribution < -0.4 is 0 Å². The molecule has 1 aromatic carbocycles. The number of halogens is 2. The molecule has 0 fully saturated rings. The molecule has 0 bridgehead atoms. The number of alkyl halides is 1. The minimum Gasteiger partial charge on any atom is -0.507 e. The Kier molecular flexibility index (Phi) is 3.63. The normalized spacial score (nSPS) is 10.8. The third-order valence-electron chi connectivity index (χ3n) is 1.37. The maximum absolute atomic E-state index is 9.17. The first-order valence-electron chi connectivity index (χ1n) is 3.45. The van der Waals surface area contributed by atoms with Gasteiger partial charge in [-0.3, -0.25) is 0 Å². The largest absolute Gasteiger partial charge is 0.507 e. The molecular weight excluding hydrogens is 239 g/mol. The predicted molar refractivity (Wildman–Crippen MR) is 55.6 cm³/mol. The molecule has 3 heteroatoms. The van der Waals surface area contributed by atoms with Gasteiger partial charge in [0.25, 0.3) is 0 Å². The van der Waals surface area contributed by atoms with Crippen LogP contribution in [0, 0.1) is 0 Å². The molecule has 12 heavy (non-hydrogen) atoms. The van der Waals surface area contributed by atoms with E-state index >= 15 is 0 Å². The van der Waals surface area contributed by atoms with E-state index in [1.165, 1.54) is 0 Å². The van der Waals surface area contributed by atoms with Crippen molar-refractivity contribution in [2.24, 2.45) is 0 Å². The fourth-order valence-electron chi connectivity index (χ4n) is 0.807. The zero-order chi connectivity index (χ0) is 8.97. The topological polar surface area (TPSA) is 20.2 Å². The number of hydrogen-bond donors (Lipinski definition) is 1. The Balaban J connectivity index is 2.89. The summed E-state index contributed by atoms with van der Waals surface area (Å²) < 4.78 is 0.694. The summed E-state index contributed by atoms with van der Waals surface area (Å²) in [6, 6.07) is 5.29. The van der Waals surface area contributed by atoms with E-state index in [0.29, 0.717) is 10.4 Å². The molecule has 0 aliphatic rings. The van der Waals surface area contributed by atoms with Crippen LogP contribution in [-0.4, -0.2) is 11.0 Å². The molecule has 1 N–H and O–H groups in total. The molecule has 0 heterocycles. The van der Waals surface area contributed by atoms with Crippen LogP contribution in [-0.2, 0) is 0 Å². The summed E-state index contributed by atoms with van der Waals surface area (Å²) in [6.45, 7) is 0. The van der Waals surface area contributed by atoms with Gasteiger partial charge in [-0.15, -0.1) is 11.6 Å². The van der Waals surface area contributed by atoms with Crippen LogP contribution in [0.15, 0.2) is 28.7 Å². The van der Waals surface area contributed by atoms with Crippen LogP contribution >= 0.6 is 27.5 Å². The van der Waals surface area contributed by atoms with Gasteiger partial charge in [-0.1, -0.05) is 18.2 Å². The molecule has 0 saturated carbocycles. The monoisotopic (exact) mass is 246 g/mol. The molecule has 64 valence electrons. The summed E-state index contributed by atoms with van der Waals surface area (Å²) in [7, 11) is 0. The van der Waals surface area contributed by atoms with Gasteiger partial charge in [0.2, 0.25) is 0 Å². The van der Waals surface area contributed by atoms with E-state index in [9.17, 15) is 5.11 Å². The Hall–Kier alpha value is -0.470. The number of benzene rings is 1. The van der Waals surface area contributed by atoms with E-state index in [2.05, 4.69) is 15.9 Å². The zero-order valence-electron chi connectivity index (χ0n) is 6.30. The molecule has 0 unspecified atom stereocenters. The van der Waals surface area contributed by atoms with Crippen molar-refractivity contribution in [1.82, 2.24) is 0 Å². The number of hydrogen-bond acceptors (Lipinski definition) is 1. The minimum absolute atomic E-state index is 0.248. The van der Waals surface area contributed by atoms with Crippen molar-refractivity contribution in [2.75, 3.05) is 5.88 Å². The molecule has 1 rings (SSSR count). The Labute approximate surface area is 84.8 Å². The lowest BCUT2D eigenvalue weighted by Gasteiger charge is -1.97. The van der Waals surface area contributed by atoms with Crippen molar-refractivity contribution in [3.63, 3.8) is 0 Å². The third kappa shape index (κ3) is 2.54. The Morgan fingerprint density at radius 1 is 1.50 bits per heavy atom. The summed E-state index contributed by atoms with van der Waals surface area (Å²) >= 11 is 8.70. The van der Waals surface area contributed by atoms with Crippen molar-refractivity contribution in [3.05, 3.63) is 34.3 Å². The molecule has 0 saturated heterocycles. The van der Waals surface area contributed by atoms with Gasteiger partial charge in [0.15, 0.2) is 0 Å². The van der Waals surface area contributed by atoms with Gasteiger partial charge in [-0.2, -0.15) is 0 Å². The summed E-state index contributed by atoms with van der Waals surface area (Å²) in [5, 5.41) is 9.17. The van der Waals surface area contributed by atoms with Crippen LogP contribution in [0.25, 0.3) is 6.08 Å². The van der Waals surface area contributed by atoms with Crippen molar-refractivity contribution in [1.29, 1.82) is 0 Å². The number of phenols is 1. The molecule has 0 aliphatic carbocycles. The second kappa shape index (κ2) is 4.53. The Morgan fingerprint density at radius 3 is 2.83 bits per heavy atom. The first-order chi connectivity index (χ1) is 5.74. The molecule has 0 atom stereocenters. The fraction of sp³-hybridized carbons (Fsp3) is 0.111. The summed E-state index contributed by atoms with van der Waals surface area (Å²) in [4.78, 5) is 0. The lowest BCUT2D eigenvalue weighted by atomic mass is 10.2. The highest BCUT2D eigenvalue weighted by atomic mass is 79.9. The molecule has 1 nitrogen and oxygen atoms in total. The molecule has 0 amide bonds. The number of aromatic hydroxyl groups is 1. The average molecular weight is 248 g/mol. The van der Waals surface area contributed by atoms with Gasteiger partial charge >= 0.3 is 0 Å². The maximum Gasteiger partial charge on any atom is 0.129 e. The van der Waals surface area contributed by atoms with E-state index < -0.39 is 0 Å². The van der Waals surface area contributed by atoms with Gasteiger partial charge in [0.1, 0.15) is 5.75 Å². The van der Waals surface area contributed by atoms with Crippen molar-refractivity contribution >= 4 is 33.6 Å². The molecule has 1 aromatic rings. The fourth-order valence-corrected chi connectivity index (χ4v) is 1.29. The molecular formula is C9H8BrClO. The quantitative estimate of drug-likeness (QED) is 0.794. The Bertz CT molecular complexity index is 297. The highest BCUT2D eigenvalue weighted by Gasteiger charge is 1.95. The molecule has 0 aliphatic heterocycles. The minimum atomic E-state index is 0.248. The summed E-state index contributed by atoms with van der Waals surface area (Å²) in [6.07, 6.45) is 3.75. The molecule has 0 aromatic heterocycles. The van der Waals surface area contributed by atoms with E-state index in [0.717, 1.165) is 5.56 Å². The standard InChI is InChI=1S/C9H8BrClO/c10-8-6-7(2-1-5-11)3-4-9(8)12/h1-4,6,12H,5H2. The first kappa shape index (κ1) is 9.62. The van der Waals surface area contributed by atoms with Gasteiger partial charge in [0, 0.05) is 5.88 Å². The third-order valence-corrected chi connectivity index (χ3v) is 2.18. The van der Waals surface area contributed by atoms with Crippen molar-refractivity contribution < 1.29 is 5.11 Å². The van der Waals surface area contributed by atoms with Crippen molar-refractivity contribution in [2.45, 2.75) is 0 Å². The van der Waals surface area contributed by atoms with E-state index in [-0.39, 0.29) is 5.75 Å². The smallest absolute Gasteiger partial charge is 0.129 e. The SMILES string of the molecule is Oc1ccc(C=CCCl)cc1Br. The van der Waals surface area contributed by atoms with Gasteiger partial charge < -0.3 is 5.11 Å². The van der Waals surface area contributed by atoms with Crippen LogP contribution in [0.4, 0.5) is 0 Å². The maximum atomic E-state index is 9.17. The average Bonchev–Trinajstić information content (AvgIpc) is 2.07. The van der Waals surface area contributed by atoms with Gasteiger partial charge in [-0.25, -0.2) is 0 Å². The van der Waals surface area contributed by atoms with Crippen LogP contribution in [0.3, 0.4) is 0 Å². The second-order valence-electron chi connectivity index (χ2n) is 2.27. The highest BCUT2D eigenvalue weighted by molar-refractivity contribution is 9.10. The summed E-state index contributed by atoms with van der Waals surface area (Å²) in [5.41, 5.74) is 1.01. The van der Waals surface area contributed by atoms with Crippen LogP contribution in [0.1, 0.15) is 5.56 Å². The van der Waals surface area contributed by atoms with Gasteiger partial charge in [-0.05, 0) is 33.6 Å². The Morgan fingerprint density at radius 2 is 2.25 bits per heavy atom. The van der Waals surface area contributed by atoms with Crippen molar-refractivity contribution in [3.8, 4) is 5.75 Å². The van der Waals surface area contributed by atoms with Crippen LogP contribution in [0.2, 0.25) is 0 Å².